The smallest absolute Gasteiger partial charge is 0.336 e. The second kappa shape index (κ2) is 7.19. The molecule has 2 aliphatic rings. The standard InChI is InChI=1S/C24H23NO3/c1-4-15-10-12-16(13-11-15)20-19(24(27)28-5-2)14(3)25-22-17-8-6-7-9-18(17)23(26)21(20)22/h6-13,20-21H,4-5H2,1-3H3/t20-,21?/m0/s1. The summed E-state index contributed by atoms with van der Waals surface area (Å²) in [7, 11) is 0. The Kier molecular flexibility index (Phi) is 4.71. The molecule has 1 aliphatic carbocycles. The Bertz CT molecular complexity index is 1010. The van der Waals surface area contributed by atoms with Gasteiger partial charge in [0.25, 0.3) is 0 Å². The molecule has 0 amide bonds. The summed E-state index contributed by atoms with van der Waals surface area (Å²) in [5.74, 6) is -1.25. The maximum Gasteiger partial charge on any atom is 0.336 e. The van der Waals surface area contributed by atoms with Crippen LogP contribution in [-0.4, -0.2) is 24.1 Å². The van der Waals surface area contributed by atoms with Gasteiger partial charge in [0, 0.05) is 22.7 Å². The zero-order valence-electron chi connectivity index (χ0n) is 16.4. The van der Waals surface area contributed by atoms with Gasteiger partial charge in [-0.1, -0.05) is 55.5 Å². The fraction of sp³-hybridized carbons (Fsp3) is 0.292. The molecule has 0 fully saturated rings. The van der Waals surface area contributed by atoms with Crippen molar-refractivity contribution in [2.45, 2.75) is 33.1 Å². The first kappa shape index (κ1) is 18.4. The average molecular weight is 373 g/mol. The number of fused-ring (bicyclic) bond motifs is 3. The van der Waals surface area contributed by atoms with Crippen LogP contribution in [0.25, 0.3) is 0 Å². The van der Waals surface area contributed by atoms with Crippen LogP contribution in [0.15, 0.2) is 64.8 Å². The third-order valence-electron chi connectivity index (χ3n) is 5.61. The van der Waals surface area contributed by atoms with E-state index in [9.17, 15) is 9.59 Å². The molecule has 0 aromatic heterocycles. The first-order valence-corrected chi connectivity index (χ1v) is 9.75. The molecule has 28 heavy (non-hydrogen) atoms. The van der Waals surface area contributed by atoms with Gasteiger partial charge in [0.1, 0.15) is 0 Å². The molecular weight excluding hydrogens is 350 g/mol. The van der Waals surface area contributed by atoms with Crippen LogP contribution in [0.5, 0.6) is 0 Å². The summed E-state index contributed by atoms with van der Waals surface area (Å²) >= 11 is 0. The minimum Gasteiger partial charge on any atom is -0.463 e. The van der Waals surface area contributed by atoms with Crippen LogP contribution in [0.1, 0.15) is 53.7 Å². The molecule has 2 aromatic carbocycles. The highest BCUT2D eigenvalue weighted by molar-refractivity contribution is 6.30. The molecule has 2 atom stereocenters. The summed E-state index contributed by atoms with van der Waals surface area (Å²) in [6.07, 6.45) is 0.936. The highest BCUT2D eigenvalue weighted by Crippen LogP contribution is 2.45. The van der Waals surface area contributed by atoms with Gasteiger partial charge in [0.2, 0.25) is 0 Å². The molecule has 0 radical (unpaired) electrons. The van der Waals surface area contributed by atoms with E-state index in [1.807, 2.05) is 43.3 Å². The number of nitrogens with zero attached hydrogens (tertiary/aromatic N) is 1. The quantitative estimate of drug-likeness (QED) is 0.742. The van der Waals surface area contributed by atoms with E-state index in [-0.39, 0.29) is 12.4 Å². The van der Waals surface area contributed by atoms with Crippen molar-refractivity contribution >= 4 is 17.5 Å². The van der Waals surface area contributed by atoms with E-state index in [2.05, 4.69) is 19.1 Å². The maximum absolute atomic E-state index is 13.3. The largest absolute Gasteiger partial charge is 0.463 e. The average Bonchev–Trinajstić information content (AvgIpc) is 2.99. The summed E-state index contributed by atoms with van der Waals surface area (Å²) in [6.45, 7) is 6.00. The monoisotopic (exact) mass is 373 g/mol. The molecule has 4 rings (SSSR count). The third-order valence-corrected chi connectivity index (χ3v) is 5.61. The number of esters is 1. The van der Waals surface area contributed by atoms with E-state index in [0.29, 0.717) is 16.8 Å². The number of hydrogen-bond donors (Lipinski definition) is 0. The second-order valence-corrected chi connectivity index (χ2v) is 7.18. The predicted octanol–water partition coefficient (Wildman–Crippen LogP) is 4.49. The van der Waals surface area contributed by atoms with Crippen molar-refractivity contribution < 1.29 is 14.3 Å². The highest BCUT2D eigenvalue weighted by Gasteiger charge is 2.47. The zero-order chi connectivity index (χ0) is 19.8. The van der Waals surface area contributed by atoms with Crippen molar-refractivity contribution in [3.05, 3.63) is 82.1 Å². The molecule has 4 nitrogen and oxygen atoms in total. The van der Waals surface area contributed by atoms with Gasteiger partial charge in [-0.05, 0) is 31.4 Å². The third kappa shape index (κ3) is 2.80. The van der Waals surface area contributed by atoms with E-state index in [1.165, 1.54) is 5.56 Å². The molecule has 0 saturated carbocycles. The minimum atomic E-state index is -0.493. The Hall–Kier alpha value is -3.01. The fourth-order valence-electron chi connectivity index (χ4n) is 4.26. The van der Waals surface area contributed by atoms with E-state index in [4.69, 9.17) is 9.73 Å². The summed E-state index contributed by atoms with van der Waals surface area (Å²) in [5.41, 5.74) is 5.58. The van der Waals surface area contributed by atoms with Crippen LogP contribution in [0, 0.1) is 5.92 Å². The number of ketones is 1. The Balaban J connectivity index is 1.91. The normalized spacial score (nSPS) is 20.5. The van der Waals surface area contributed by atoms with Gasteiger partial charge in [-0.15, -0.1) is 0 Å². The Labute approximate surface area is 164 Å². The van der Waals surface area contributed by atoms with Crippen LogP contribution in [-0.2, 0) is 16.0 Å². The first-order chi connectivity index (χ1) is 13.6. The van der Waals surface area contributed by atoms with Crippen LogP contribution < -0.4 is 0 Å². The molecule has 4 heteroatoms. The van der Waals surface area contributed by atoms with Gasteiger partial charge in [-0.25, -0.2) is 4.79 Å². The van der Waals surface area contributed by atoms with Crippen molar-refractivity contribution in [3.8, 4) is 0 Å². The van der Waals surface area contributed by atoms with Crippen molar-refractivity contribution in [2.75, 3.05) is 6.61 Å². The second-order valence-electron chi connectivity index (χ2n) is 7.18. The lowest BCUT2D eigenvalue weighted by atomic mass is 9.75. The number of Topliss-reactive ketones (excluding diaryl/α,β-unsaturated/α-hetero) is 1. The number of carbonyl (C=O) groups is 2. The van der Waals surface area contributed by atoms with Crippen molar-refractivity contribution in [3.63, 3.8) is 0 Å². The molecule has 142 valence electrons. The fourth-order valence-corrected chi connectivity index (χ4v) is 4.26. The lowest BCUT2D eigenvalue weighted by Gasteiger charge is -2.30. The Morgan fingerprint density at radius 3 is 2.32 bits per heavy atom. The number of allylic oxidation sites excluding steroid dienone is 1. The van der Waals surface area contributed by atoms with Crippen LogP contribution in [0.4, 0.5) is 0 Å². The van der Waals surface area contributed by atoms with Crippen molar-refractivity contribution in [1.29, 1.82) is 0 Å². The SMILES string of the molecule is CCOC(=O)C1=C(C)N=C2c3ccccc3C(=O)C2[C@H]1c1ccc(CC)cc1. The molecule has 1 unspecified atom stereocenters. The van der Waals surface area contributed by atoms with Crippen LogP contribution in [0.3, 0.4) is 0 Å². The van der Waals surface area contributed by atoms with Crippen LogP contribution in [0.2, 0.25) is 0 Å². The Morgan fingerprint density at radius 2 is 1.68 bits per heavy atom. The number of carbonyl (C=O) groups excluding carboxylic acids is 2. The minimum absolute atomic E-state index is 0.0215. The van der Waals surface area contributed by atoms with E-state index < -0.39 is 17.8 Å². The number of aliphatic imine (C=N–C) groups is 1. The van der Waals surface area contributed by atoms with Gasteiger partial charge >= 0.3 is 5.97 Å². The molecule has 2 aromatic rings. The predicted molar refractivity (Wildman–Crippen MR) is 109 cm³/mol. The summed E-state index contributed by atoms with van der Waals surface area (Å²) in [5, 5.41) is 0. The number of hydrogen-bond acceptors (Lipinski definition) is 4. The molecule has 0 saturated heterocycles. The summed E-state index contributed by atoms with van der Waals surface area (Å²) < 4.78 is 5.33. The van der Waals surface area contributed by atoms with Gasteiger partial charge in [-0.2, -0.15) is 0 Å². The molecule has 0 spiro atoms. The van der Waals surface area contributed by atoms with Gasteiger partial charge in [0.15, 0.2) is 5.78 Å². The van der Waals surface area contributed by atoms with E-state index in [1.54, 1.807) is 6.92 Å². The van der Waals surface area contributed by atoms with Gasteiger partial charge in [-0.3, -0.25) is 9.79 Å². The number of benzene rings is 2. The number of aryl methyl sites for hydroxylation is 1. The van der Waals surface area contributed by atoms with Crippen molar-refractivity contribution in [1.82, 2.24) is 0 Å². The summed E-state index contributed by atoms with van der Waals surface area (Å²) in [6, 6.07) is 15.7. The van der Waals surface area contributed by atoms with Gasteiger partial charge < -0.3 is 4.74 Å². The zero-order valence-corrected chi connectivity index (χ0v) is 16.4. The molecule has 0 bridgehead atoms. The summed E-state index contributed by atoms with van der Waals surface area (Å²) in [4.78, 5) is 30.8. The Morgan fingerprint density at radius 1 is 1.00 bits per heavy atom. The highest BCUT2D eigenvalue weighted by atomic mass is 16.5. The molecule has 0 N–H and O–H groups in total. The van der Waals surface area contributed by atoms with Crippen LogP contribution >= 0.6 is 0 Å². The van der Waals surface area contributed by atoms with Crippen molar-refractivity contribution in [2.24, 2.45) is 10.9 Å². The number of ether oxygens (including phenoxy) is 1. The molecular formula is C24H23NO3. The lowest BCUT2D eigenvalue weighted by molar-refractivity contribution is -0.139. The van der Waals surface area contributed by atoms with E-state index in [0.717, 1.165) is 23.3 Å². The lowest BCUT2D eigenvalue weighted by Crippen LogP contribution is -2.32. The number of rotatable bonds is 4. The first-order valence-electron chi connectivity index (χ1n) is 9.75. The maximum atomic E-state index is 13.3. The molecule has 1 aliphatic heterocycles. The molecule has 1 heterocycles. The van der Waals surface area contributed by atoms with Gasteiger partial charge in [0.05, 0.1) is 23.8 Å². The van der Waals surface area contributed by atoms with E-state index >= 15 is 0 Å². The topological polar surface area (TPSA) is 55.7 Å².